The predicted molar refractivity (Wildman–Crippen MR) is 55.3 cm³/mol. The van der Waals surface area contributed by atoms with E-state index < -0.39 is 11.5 Å². The summed E-state index contributed by atoms with van der Waals surface area (Å²) >= 11 is 0. The molecule has 1 rings (SSSR count). The summed E-state index contributed by atoms with van der Waals surface area (Å²) in [6.07, 6.45) is 2.47. The molecule has 0 aromatic carbocycles. The molecule has 0 radical (unpaired) electrons. The van der Waals surface area contributed by atoms with Gasteiger partial charge in [0.25, 0.3) is 0 Å². The first-order valence-electron chi connectivity index (χ1n) is 5.05. The van der Waals surface area contributed by atoms with Gasteiger partial charge in [-0.25, -0.2) is 0 Å². The van der Waals surface area contributed by atoms with Crippen LogP contribution in [0.4, 0.5) is 0 Å². The molecule has 2 atom stereocenters. The molecule has 4 heteroatoms. The van der Waals surface area contributed by atoms with Crippen molar-refractivity contribution in [3.63, 3.8) is 0 Å². The van der Waals surface area contributed by atoms with Crippen molar-refractivity contribution in [1.29, 1.82) is 0 Å². The van der Waals surface area contributed by atoms with Gasteiger partial charge in [-0.1, -0.05) is 12.2 Å². The molecule has 0 aromatic heterocycles. The summed E-state index contributed by atoms with van der Waals surface area (Å²) in [4.78, 5) is 11.4. The minimum atomic E-state index is -0.782. The number of ether oxygens (including phenoxy) is 2. The predicted octanol–water partition coefficient (Wildman–Crippen LogP) is 0.892. The first-order chi connectivity index (χ1) is 6.91. The van der Waals surface area contributed by atoms with Gasteiger partial charge < -0.3 is 14.6 Å². The molecule has 0 fully saturated rings. The molecular weight excluding hydrogens is 196 g/mol. The average molecular weight is 214 g/mol. The Labute approximate surface area is 89.9 Å². The lowest BCUT2D eigenvalue weighted by Crippen LogP contribution is -2.33. The first kappa shape index (κ1) is 12.2. The average Bonchev–Trinajstić information content (AvgIpc) is 2.64. The first-order valence-corrected chi connectivity index (χ1v) is 5.05. The van der Waals surface area contributed by atoms with Crippen molar-refractivity contribution in [3.05, 3.63) is 12.2 Å². The minimum absolute atomic E-state index is 0.0227. The summed E-state index contributed by atoms with van der Waals surface area (Å²) < 4.78 is 10.2. The van der Waals surface area contributed by atoms with Crippen LogP contribution in [0.5, 0.6) is 0 Å². The fraction of sp³-hybridized carbons (Fsp3) is 0.727. The number of aliphatic hydroxyl groups is 1. The smallest absolute Gasteiger partial charge is 0.311 e. The largest absolute Gasteiger partial charge is 0.462 e. The van der Waals surface area contributed by atoms with Gasteiger partial charge in [-0.15, -0.1) is 0 Å². The van der Waals surface area contributed by atoms with Gasteiger partial charge in [-0.3, -0.25) is 4.79 Å². The lowest BCUT2D eigenvalue weighted by atomic mass is 9.97. The maximum Gasteiger partial charge on any atom is 0.311 e. The lowest BCUT2D eigenvalue weighted by Gasteiger charge is -2.20. The SMILES string of the molecule is CC(C)(C)C(=O)OC[C@@H](O)[C@@H]1C=CCO1. The summed E-state index contributed by atoms with van der Waals surface area (Å²) in [5.41, 5.74) is -0.536. The van der Waals surface area contributed by atoms with E-state index in [0.29, 0.717) is 6.61 Å². The highest BCUT2D eigenvalue weighted by atomic mass is 16.6. The molecule has 0 aliphatic carbocycles. The molecule has 0 amide bonds. The van der Waals surface area contributed by atoms with Gasteiger partial charge in [-0.2, -0.15) is 0 Å². The Morgan fingerprint density at radius 3 is 2.80 bits per heavy atom. The van der Waals surface area contributed by atoms with E-state index in [-0.39, 0.29) is 18.7 Å². The molecule has 1 aliphatic rings. The van der Waals surface area contributed by atoms with E-state index in [9.17, 15) is 9.90 Å². The van der Waals surface area contributed by atoms with Crippen LogP contribution in [0.2, 0.25) is 0 Å². The molecule has 0 bridgehead atoms. The highest BCUT2D eigenvalue weighted by molar-refractivity contribution is 5.75. The van der Waals surface area contributed by atoms with E-state index in [2.05, 4.69) is 0 Å². The zero-order valence-corrected chi connectivity index (χ0v) is 9.40. The molecule has 0 saturated heterocycles. The Balaban J connectivity index is 2.30. The van der Waals surface area contributed by atoms with E-state index >= 15 is 0 Å². The van der Waals surface area contributed by atoms with Crippen LogP contribution in [-0.2, 0) is 14.3 Å². The monoisotopic (exact) mass is 214 g/mol. The molecule has 1 N–H and O–H groups in total. The Morgan fingerprint density at radius 1 is 1.67 bits per heavy atom. The van der Waals surface area contributed by atoms with Crippen molar-refractivity contribution in [3.8, 4) is 0 Å². The Bertz CT molecular complexity index is 252. The molecule has 0 saturated carbocycles. The molecule has 1 aliphatic heterocycles. The molecule has 0 unspecified atom stereocenters. The number of hydrogen-bond acceptors (Lipinski definition) is 4. The number of aliphatic hydroxyl groups excluding tert-OH is 1. The van der Waals surface area contributed by atoms with Crippen LogP contribution in [0.1, 0.15) is 20.8 Å². The standard InChI is InChI=1S/C11H18O4/c1-11(2,3)10(13)15-7-8(12)9-5-4-6-14-9/h4-5,8-9,12H,6-7H2,1-3H3/t8-,9+/m1/s1. The number of carbonyl (C=O) groups is 1. The zero-order valence-electron chi connectivity index (χ0n) is 9.40. The molecule has 86 valence electrons. The molecule has 0 spiro atoms. The Hall–Kier alpha value is -0.870. The topological polar surface area (TPSA) is 55.8 Å². The van der Waals surface area contributed by atoms with Crippen LogP contribution in [0.25, 0.3) is 0 Å². The normalized spacial score (nSPS) is 22.8. The van der Waals surface area contributed by atoms with Crippen molar-refractivity contribution >= 4 is 5.97 Å². The summed E-state index contributed by atoms with van der Waals surface area (Å²) in [5, 5.41) is 9.61. The molecule has 0 aromatic rings. The Morgan fingerprint density at radius 2 is 2.33 bits per heavy atom. The maximum atomic E-state index is 11.4. The van der Waals surface area contributed by atoms with Crippen LogP contribution < -0.4 is 0 Å². The number of carbonyl (C=O) groups excluding carboxylic acids is 1. The van der Waals surface area contributed by atoms with Gasteiger partial charge in [0.2, 0.25) is 0 Å². The minimum Gasteiger partial charge on any atom is -0.462 e. The highest BCUT2D eigenvalue weighted by Gasteiger charge is 2.26. The van der Waals surface area contributed by atoms with Gasteiger partial charge in [-0.05, 0) is 20.8 Å². The second-order valence-electron chi connectivity index (χ2n) is 4.64. The van der Waals surface area contributed by atoms with Gasteiger partial charge in [0.05, 0.1) is 12.0 Å². The quantitative estimate of drug-likeness (QED) is 0.560. The van der Waals surface area contributed by atoms with E-state index in [4.69, 9.17) is 9.47 Å². The van der Waals surface area contributed by atoms with Gasteiger partial charge >= 0.3 is 5.97 Å². The number of rotatable bonds is 3. The molecular formula is C11H18O4. The summed E-state index contributed by atoms with van der Waals surface area (Å²) in [6.45, 7) is 5.80. The van der Waals surface area contributed by atoms with Crippen molar-refractivity contribution in [2.45, 2.75) is 33.0 Å². The zero-order chi connectivity index (χ0) is 11.5. The fourth-order valence-electron chi connectivity index (χ4n) is 1.12. The van der Waals surface area contributed by atoms with Crippen molar-refractivity contribution < 1.29 is 19.4 Å². The van der Waals surface area contributed by atoms with Crippen LogP contribution >= 0.6 is 0 Å². The van der Waals surface area contributed by atoms with E-state index in [1.54, 1.807) is 26.8 Å². The fourth-order valence-corrected chi connectivity index (χ4v) is 1.12. The van der Waals surface area contributed by atoms with Gasteiger partial charge in [0, 0.05) is 0 Å². The second kappa shape index (κ2) is 4.77. The Kier molecular flexibility index (Phi) is 3.88. The maximum absolute atomic E-state index is 11.4. The van der Waals surface area contributed by atoms with Crippen molar-refractivity contribution in [2.24, 2.45) is 5.41 Å². The van der Waals surface area contributed by atoms with Gasteiger partial charge in [0.1, 0.15) is 18.8 Å². The lowest BCUT2D eigenvalue weighted by molar-refractivity contribution is -0.157. The van der Waals surface area contributed by atoms with Crippen LogP contribution in [0, 0.1) is 5.41 Å². The number of hydrogen-bond donors (Lipinski definition) is 1. The van der Waals surface area contributed by atoms with E-state index in [1.165, 1.54) is 0 Å². The molecule has 1 heterocycles. The van der Waals surface area contributed by atoms with Gasteiger partial charge in [0.15, 0.2) is 0 Å². The van der Waals surface area contributed by atoms with E-state index in [1.807, 2.05) is 6.08 Å². The third kappa shape index (κ3) is 3.64. The van der Waals surface area contributed by atoms with Crippen LogP contribution in [0.3, 0.4) is 0 Å². The third-order valence-corrected chi connectivity index (χ3v) is 2.09. The summed E-state index contributed by atoms with van der Waals surface area (Å²) in [7, 11) is 0. The summed E-state index contributed by atoms with van der Waals surface area (Å²) in [5.74, 6) is -0.316. The second-order valence-corrected chi connectivity index (χ2v) is 4.64. The van der Waals surface area contributed by atoms with Crippen LogP contribution in [0.15, 0.2) is 12.2 Å². The highest BCUT2D eigenvalue weighted by Crippen LogP contribution is 2.16. The number of esters is 1. The third-order valence-electron chi connectivity index (χ3n) is 2.09. The van der Waals surface area contributed by atoms with Crippen LogP contribution in [-0.4, -0.2) is 36.5 Å². The molecule has 15 heavy (non-hydrogen) atoms. The molecule has 4 nitrogen and oxygen atoms in total. The van der Waals surface area contributed by atoms with Crippen molar-refractivity contribution in [1.82, 2.24) is 0 Å². The van der Waals surface area contributed by atoms with E-state index in [0.717, 1.165) is 0 Å². The summed E-state index contributed by atoms with van der Waals surface area (Å²) in [6, 6.07) is 0. The van der Waals surface area contributed by atoms with Crippen molar-refractivity contribution in [2.75, 3.05) is 13.2 Å².